The van der Waals surface area contributed by atoms with Crippen LogP contribution < -0.4 is 5.09 Å². The Morgan fingerprint density at radius 1 is 1.17 bits per heavy atom. The van der Waals surface area contributed by atoms with Crippen molar-refractivity contribution < 1.29 is 33.3 Å². The van der Waals surface area contributed by atoms with E-state index in [1.807, 2.05) is 37.3 Å². The molecule has 4 atom stereocenters. The van der Waals surface area contributed by atoms with Crippen LogP contribution in [0.3, 0.4) is 0 Å². The van der Waals surface area contributed by atoms with E-state index in [0.717, 1.165) is 12.8 Å². The number of ether oxygens (including phenoxy) is 1. The molecule has 10 heteroatoms. The molecule has 202 valence electrons. The zero-order valence-electron chi connectivity index (χ0n) is 21.9. The molecule has 0 bridgehead atoms. The van der Waals surface area contributed by atoms with Crippen LogP contribution in [0.5, 0.6) is 0 Å². The zero-order valence-corrected chi connectivity index (χ0v) is 22.7. The lowest BCUT2D eigenvalue weighted by atomic mass is 10.1. The van der Waals surface area contributed by atoms with E-state index in [4.69, 9.17) is 9.26 Å². The second kappa shape index (κ2) is 14.5. The standard InChI is InChI=1S/C26H41N2O7P/c1-5-12-23(29)34-26(19(2)3)35-36(33,18-10-9-15-21-13-7-6-8-14-21)27-20(4)24(30)28-17-11-16-22(28)25(31)32/h6-8,13-14,19-20,22,26H,5,9-12,15-18H2,1-4H3,(H,27,33)(H,31,32)/t20-,22-,26?,36?/m0/s1. The van der Waals surface area contributed by atoms with Crippen LogP contribution in [-0.2, 0) is 34.6 Å². The predicted octanol–water partition coefficient (Wildman–Crippen LogP) is 4.60. The Labute approximate surface area is 214 Å². The zero-order chi connectivity index (χ0) is 26.7. The first-order valence-electron chi connectivity index (χ1n) is 12.9. The molecule has 0 aliphatic carbocycles. The Bertz CT molecular complexity index is 909. The minimum atomic E-state index is -3.64. The van der Waals surface area contributed by atoms with Gasteiger partial charge in [-0.3, -0.25) is 18.7 Å². The van der Waals surface area contributed by atoms with Crippen LogP contribution in [0.25, 0.3) is 0 Å². The first kappa shape index (κ1) is 30.0. The molecule has 9 nitrogen and oxygen atoms in total. The number of rotatable bonds is 15. The van der Waals surface area contributed by atoms with Gasteiger partial charge in [-0.25, -0.2) is 9.88 Å². The van der Waals surface area contributed by atoms with E-state index in [2.05, 4.69) is 5.09 Å². The van der Waals surface area contributed by atoms with Gasteiger partial charge in [0.25, 0.3) is 7.52 Å². The molecule has 1 heterocycles. The van der Waals surface area contributed by atoms with Crippen LogP contribution in [0.4, 0.5) is 0 Å². The number of amides is 1. The first-order valence-corrected chi connectivity index (χ1v) is 14.7. The maximum absolute atomic E-state index is 14.0. The lowest BCUT2D eigenvalue weighted by Crippen LogP contribution is -2.48. The summed E-state index contributed by atoms with van der Waals surface area (Å²) >= 11 is 0. The number of aliphatic carboxylic acids is 1. The molecule has 1 aromatic carbocycles. The second-order valence-corrected chi connectivity index (χ2v) is 11.9. The van der Waals surface area contributed by atoms with Gasteiger partial charge < -0.3 is 14.7 Å². The number of carbonyl (C=O) groups is 3. The van der Waals surface area contributed by atoms with Crippen LogP contribution in [0.15, 0.2) is 30.3 Å². The van der Waals surface area contributed by atoms with Crippen molar-refractivity contribution in [1.82, 2.24) is 9.99 Å². The van der Waals surface area contributed by atoms with Crippen molar-refractivity contribution in [2.75, 3.05) is 12.7 Å². The lowest BCUT2D eigenvalue weighted by molar-refractivity contribution is -0.169. The Kier molecular flexibility index (Phi) is 12.1. The summed E-state index contributed by atoms with van der Waals surface area (Å²) in [5.41, 5.74) is 1.17. The van der Waals surface area contributed by atoms with Crippen molar-refractivity contribution in [1.29, 1.82) is 0 Å². The van der Waals surface area contributed by atoms with Gasteiger partial charge in [0.1, 0.15) is 6.04 Å². The van der Waals surface area contributed by atoms with Gasteiger partial charge in [0.15, 0.2) is 0 Å². The minimum Gasteiger partial charge on any atom is -0.480 e. The molecule has 0 radical (unpaired) electrons. The highest BCUT2D eigenvalue weighted by Crippen LogP contribution is 2.47. The summed E-state index contributed by atoms with van der Waals surface area (Å²) < 4.78 is 25.4. The highest BCUT2D eigenvalue weighted by Gasteiger charge is 2.39. The average Bonchev–Trinajstić information content (AvgIpc) is 3.32. The van der Waals surface area contributed by atoms with Gasteiger partial charge in [0.05, 0.1) is 6.04 Å². The third-order valence-electron chi connectivity index (χ3n) is 6.11. The van der Waals surface area contributed by atoms with E-state index in [1.165, 1.54) is 10.5 Å². The van der Waals surface area contributed by atoms with Crippen molar-refractivity contribution in [2.24, 2.45) is 5.92 Å². The summed E-state index contributed by atoms with van der Waals surface area (Å²) in [5.74, 6) is -2.17. The van der Waals surface area contributed by atoms with Crippen LogP contribution in [0.1, 0.15) is 71.8 Å². The third-order valence-corrected chi connectivity index (χ3v) is 8.35. The quantitative estimate of drug-likeness (QED) is 0.148. The molecule has 1 saturated heterocycles. The lowest BCUT2D eigenvalue weighted by Gasteiger charge is -2.31. The fourth-order valence-electron chi connectivity index (χ4n) is 4.17. The van der Waals surface area contributed by atoms with Gasteiger partial charge in [-0.2, -0.15) is 0 Å². The number of esters is 1. The molecule has 0 spiro atoms. The van der Waals surface area contributed by atoms with E-state index in [1.54, 1.807) is 20.8 Å². The monoisotopic (exact) mass is 524 g/mol. The third kappa shape index (κ3) is 9.34. The smallest absolute Gasteiger partial charge is 0.326 e. The number of aryl methyl sites for hydroxylation is 1. The molecule has 1 aliphatic heterocycles. The fraction of sp³-hybridized carbons (Fsp3) is 0.654. The van der Waals surface area contributed by atoms with Gasteiger partial charge in [-0.15, -0.1) is 0 Å². The summed E-state index contributed by atoms with van der Waals surface area (Å²) in [7, 11) is -3.64. The topological polar surface area (TPSA) is 122 Å². The van der Waals surface area contributed by atoms with Crippen molar-refractivity contribution in [2.45, 2.75) is 91.0 Å². The Morgan fingerprint density at radius 3 is 2.47 bits per heavy atom. The minimum absolute atomic E-state index is 0.147. The van der Waals surface area contributed by atoms with Gasteiger partial charge in [-0.05, 0) is 51.0 Å². The van der Waals surface area contributed by atoms with E-state index >= 15 is 0 Å². The molecule has 2 unspecified atom stereocenters. The summed E-state index contributed by atoms with van der Waals surface area (Å²) in [5, 5.41) is 12.3. The van der Waals surface area contributed by atoms with E-state index < -0.39 is 43.7 Å². The van der Waals surface area contributed by atoms with Gasteiger partial charge >= 0.3 is 11.9 Å². The van der Waals surface area contributed by atoms with Crippen molar-refractivity contribution in [3.05, 3.63) is 35.9 Å². The number of likely N-dealkylation sites (tertiary alicyclic amines) is 1. The maximum atomic E-state index is 14.0. The second-order valence-electron chi connectivity index (χ2n) is 9.68. The summed E-state index contributed by atoms with van der Waals surface area (Å²) in [6.45, 7) is 7.38. The molecule has 2 rings (SSSR count). The molecule has 0 saturated carbocycles. The number of hydrogen-bond acceptors (Lipinski definition) is 6. The first-order chi connectivity index (χ1) is 17.1. The van der Waals surface area contributed by atoms with Gasteiger partial charge in [-0.1, -0.05) is 51.1 Å². The number of benzene rings is 1. The number of carboxylic acids is 1. The number of nitrogens with one attached hydrogen (secondary N) is 1. The van der Waals surface area contributed by atoms with E-state index in [0.29, 0.717) is 32.2 Å². The summed E-state index contributed by atoms with van der Waals surface area (Å²) in [6, 6.07) is 8.15. The van der Waals surface area contributed by atoms with Crippen LogP contribution in [-0.4, -0.2) is 58.9 Å². The fourth-order valence-corrected chi connectivity index (χ4v) is 6.43. The summed E-state index contributed by atoms with van der Waals surface area (Å²) in [4.78, 5) is 38.1. The van der Waals surface area contributed by atoms with Crippen LogP contribution >= 0.6 is 7.52 Å². The maximum Gasteiger partial charge on any atom is 0.326 e. The van der Waals surface area contributed by atoms with Crippen molar-refractivity contribution in [3.63, 3.8) is 0 Å². The normalized spacial score (nSPS) is 19.0. The molecular weight excluding hydrogens is 483 g/mol. The highest BCUT2D eigenvalue weighted by atomic mass is 31.2. The molecular formula is C26H41N2O7P. The number of nitrogens with zero attached hydrogens (tertiary/aromatic N) is 1. The average molecular weight is 525 g/mol. The molecule has 36 heavy (non-hydrogen) atoms. The van der Waals surface area contributed by atoms with Crippen LogP contribution in [0.2, 0.25) is 0 Å². The SMILES string of the molecule is CCCC(=O)OC(OP(=O)(CCCCc1ccccc1)N[C@@H](C)C(=O)N1CCC[C@H]1C(=O)O)C(C)C. The number of carbonyl (C=O) groups excluding carboxylic acids is 2. The predicted molar refractivity (Wildman–Crippen MR) is 138 cm³/mol. The van der Waals surface area contributed by atoms with E-state index in [-0.39, 0.29) is 18.5 Å². The molecule has 1 amide bonds. The molecule has 1 fully saturated rings. The molecule has 1 aromatic rings. The molecule has 1 aliphatic rings. The van der Waals surface area contributed by atoms with Crippen molar-refractivity contribution in [3.8, 4) is 0 Å². The van der Waals surface area contributed by atoms with Crippen LogP contribution in [0, 0.1) is 5.92 Å². The largest absolute Gasteiger partial charge is 0.480 e. The Hall–Kier alpha value is -2.22. The van der Waals surface area contributed by atoms with Crippen molar-refractivity contribution >= 4 is 25.4 Å². The molecule has 0 aromatic heterocycles. The highest BCUT2D eigenvalue weighted by molar-refractivity contribution is 7.56. The summed E-state index contributed by atoms with van der Waals surface area (Å²) in [6.07, 6.45) is 3.09. The molecule has 2 N–H and O–H groups in total. The van der Waals surface area contributed by atoms with Gasteiger partial charge in [0, 0.05) is 25.0 Å². The number of hydrogen-bond donors (Lipinski definition) is 2. The Balaban J connectivity index is 2.13. The Morgan fingerprint density at radius 2 is 1.86 bits per heavy atom. The van der Waals surface area contributed by atoms with Gasteiger partial charge in [0.2, 0.25) is 12.2 Å². The number of unbranched alkanes of at least 4 members (excludes halogenated alkanes) is 1. The van der Waals surface area contributed by atoms with E-state index in [9.17, 15) is 24.1 Å². The number of carboxylic acid groups (broad SMARTS) is 1.